The van der Waals surface area contributed by atoms with Crippen LogP contribution < -0.4 is 22.0 Å². The SMILES string of the molecule is Cc1ncc(CN(N)/C=C(\N)COc2ccc(Br)cc2)c(N)n1. The van der Waals surface area contributed by atoms with Gasteiger partial charge in [0, 0.05) is 22.4 Å². The first-order valence-electron chi connectivity index (χ1n) is 6.88. The van der Waals surface area contributed by atoms with E-state index in [1.54, 1.807) is 19.3 Å². The average molecular weight is 379 g/mol. The van der Waals surface area contributed by atoms with Crippen LogP contribution in [0.4, 0.5) is 5.82 Å². The maximum atomic E-state index is 5.91. The summed E-state index contributed by atoms with van der Waals surface area (Å²) in [5.41, 5.74) is 13.0. The number of ether oxygens (including phenoxy) is 1. The Labute approximate surface area is 143 Å². The van der Waals surface area contributed by atoms with Gasteiger partial charge < -0.3 is 21.2 Å². The van der Waals surface area contributed by atoms with Gasteiger partial charge >= 0.3 is 0 Å². The highest BCUT2D eigenvalue weighted by atomic mass is 79.9. The summed E-state index contributed by atoms with van der Waals surface area (Å²) in [6, 6.07) is 7.49. The largest absolute Gasteiger partial charge is 0.487 e. The number of hydrazine groups is 1. The highest BCUT2D eigenvalue weighted by Crippen LogP contribution is 2.16. The summed E-state index contributed by atoms with van der Waals surface area (Å²) in [7, 11) is 0. The molecule has 0 aliphatic rings. The molecule has 1 aromatic carbocycles. The lowest BCUT2D eigenvalue weighted by Crippen LogP contribution is -2.27. The van der Waals surface area contributed by atoms with Crippen molar-refractivity contribution in [1.29, 1.82) is 0 Å². The zero-order valence-electron chi connectivity index (χ0n) is 12.7. The van der Waals surface area contributed by atoms with Crippen LogP contribution in [0.3, 0.4) is 0 Å². The van der Waals surface area contributed by atoms with E-state index in [1.165, 1.54) is 5.01 Å². The predicted octanol–water partition coefficient (Wildman–Crippen LogP) is 1.68. The van der Waals surface area contributed by atoms with Crippen LogP contribution in [-0.2, 0) is 6.54 Å². The molecule has 2 rings (SSSR count). The van der Waals surface area contributed by atoms with Crippen LogP contribution in [0.1, 0.15) is 11.4 Å². The van der Waals surface area contributed by atoms with Crippen LogP contribution >= 0.6 is 15.9 Å². The molecule has 0 amide bonds. The van der Waals surface area contributed by atoms with Gasteiger partial charge in [-0.3, -0.25) is 0 Å². The molecule has 0 bridgehead atoms. The van der Waals surface area contributed by atoms with Crippen molar-refractivity contribution in [3.05, 3.63) is 58.2 Å². The molecule has 0 radical (unpaired) electrons. The Morgan fingerprint density at radius 3 is 2.70 bits per heavy atom. The number of nitrogen functional groups attached to an aromatic ring is 1. The first kappa shape index (κ1) is 17.0. The predicted molar refractivity (Wildman–Crippen MR) is 92.8 cm³/mol. The second-order valence-corrected chi connectivity index (χ2v) is 5.86. The highest BCUT2D eigenvalue weighted by molar-refractivity contribution is 9.10. The van der Waals surface area contributed by atoms with E-state index in [2.05, 4.69) is 25.9 Å². The molecule has 0 aliphatic heterocycles. The van der Waals surface area contributed by atoms with Crippen molar-refractivity contribution in [3.63, 3.8) is 0 Å². The van der Waals surface area contributed by atoms with Gasteiger partial charge in [-0.25, -0.2) is 15.8 Å². The van der Waals surface area contributed by atoms with Gasteiger partial charge in [0.1, 0.15) is 24.0 Å². The Kier molecular flexibility index (Phi) is 5.78. The summed E-state index contributed by atoms with van der Waals surface area (Å²) in [5, 5.41) is 1.42. The third kappa shape index (κ3) is 5.42. The van der Waals surface area contributed by atoms with Crippen molar-refractivity contribution >= 4 is 21.7 Å². The van der Waals surface area contributed by atoms with E-state index < -0.39 is 0 Å². The van der Waals surface area contributed by atoms with Gasteiger partial charge in [0.25, 0.3) is 0 Å². The summed E-state index contributed by atoms with van der Waals surface area (Å²) in [6.07, 6.45) is 3.25. The smallest absolute Gasteiger partial charge is 0.132 e. The van der Waals surface area contributed by atoms with E-state index in [9.17, 15) is 0 Å². The van der Waals surface area contributed by atoms with E-state index in [0.29, 0.717) is 23.9 Å². The van der Waals surface area contributed by atoms with Crippen LogP contribution in [0.15, 0.2) is 46.8 Å². The zero-order chi connectivity index (χ0) is 16.8. The minimum Gasteiger partial charge on any atom is -0.487 e. The number of rotatable bonds is 6. The second kappa shape index (κ2) is 7.80. The Morgan fingerprint density at radius 2 is 2.04 bits per heavy atom. The average Bonchev–Trinajstić information content (AvgIpc) is 2.49. The molecular formula is C15H19BrN6O. The van der Waals surface area contributed by atoms with E-state index >= 15 is 0 Å². The number of halogens is 1. The molecular weight excluding hydrogens is 360 g/mol. The minimum absolute atomic E-state index is 0.231. The van der Waals surface area contributed by atoms with Crippen LogP contribution in [0, 0.1) is 6.92 Å². The normalized spacial score (nSPS) is 11.3. The molecule has 23 heavy (non-hydrogen) atoms. The Balaban J connectivity index is 1.90. The van der Waals surface area contributed by atoms with Crippen molar-refractivity contribution in [2.45, 2.75) is 13.5 Å². The molecule has 8 heteroatoms. The summed E-state index contributed by atoms with van der Waals surface area (Å²) < 4.78 is 6.55. The van der Waals surface area contributed by atoms with Gasteiger partial charge in [0.15, 0.2) is 0 Å². The summed E-state index contributed by atoms with van der Waals surface area (Å²) in [5.74, 6) is 7.66. The van der Waals surface area contributed by atoms with E-state index in [1.807, 2.05) is 24.3 Å². The molecule has 2 aromatic rings. The van der Waals surface area contributed by atoms with E-state index in [-0.39, 0.29) is 6.61 Å². The summed E-state index contributed by atoms with van der Waals surface area (Å²) >= 11 is 3.36. The lowest BCUT2D eigenvalue weighted by molar-refractivity contribution is 0.335. The standard InChI is InChI=1S/C15H19BrN6O/c1-10-20-6-11(15(18)21-10)7-22(19)8-13(17)9-23-14-4-2-12(16)3-5-14/h2-6,8H,7,9,17,19H2,1H3,(H2,18,20,21)/b13-8-. The third-order valence-electron chi connectivity index (χ3n) is 2.92. The first-order chi connectivity index (χ1) is 10.9. The molecule has 6 N–H and O–H groups in total. The van der Waals surface area contributed by atoms with E-state index in [0.717, 1.165) is 15.8 Å². The summed E-state index contributed by atoms with van der Waals surface area (Å²) in [6.45, 7) is 2.36. The first-order valence-corrected chi connectivity index (χ1v) is 7.67. The lowest BCUT2D eigenvalue weighted by Gasteiger charge is -2.16. The molecule has 0 saturated heterocycles. The number of anilines is 1. The Bertz CT molecular complexity index is 689. The number of nitrogens with zero attached hydrogens (tertiary/aromatic N) is 3. The molecule has 7 nitrogen and oxygen atoms in total. The number of hydrogen-bond acceptors (Lipinski definition) is 7. The molecule has 1 heterocycles. The van der Waals surface area contributed by atoms with Crippen molar-refractivity contribution < 1.29 is 4.74 Å². The highest BCUT2D eigenvalue weighted by Gasteiger charge is 2.05. The van der Waals surface area contributed by atoms with Crippen LogP contribution in [0.25, 0.3) is 0 Å². The number of benzene rings is 1. The number of aromatic nitrogens is 2. The fraction of sp³-hybridized carbons (Fsp3) is 0.200. The van der Waals surface area contributed by atoms with Crippen molar-refractivity contribution in [1.82, 2.24) is 15.0 Å². The van der Waals surface area contributed by atoms with E-state index in [4.69, 9.17) is 22.0 Å². The second-order valence-electron chi connectivity index (χ2n) is 4.95. The maximum Gasteiger partial charge on any atom is 0.132 e. The molecule has 0 atom stereocenters. The Morgan fingerprint density at radius 1 is 1.35 bits per heavy atom. The molecule has 0 unspecified atom stereocenters. The molecule has 0 saturated carbocycles. The zero-order valence-corrected chi connectivity index (χ0v) is 14.3. The third-order valence-corrected chi connectivity index (χ3v) is 3.45. The molecule has 0 fully saturated rings. The molecule has 1 aromatic heterocycles. The fourth-order valence-electron chi connectivity index (χ4n) is 1.82. The van der Waals surface area contributed by atoms with Gasteiger partial charge in [-0.1, -0.05) is 15.9 Å². The van der Waals surface area contributed by atoms with Gasteiger partial charge in [0.05, 0.1) is 12.2 Å². The van der Waals surface area contributed by atoms with Crippen LogP contribution in [0.2, 0.25) is 0 Å². The topological polar surface area (TPSA) is 116 Å². The van der Waals surface area contributed by atoms with Crippen molar-refractivity contribution in [3.8, 4) is 5.75 Å². The van der Waals surface area contributed by atoms with Crippen LogP contribution in [-0.4, -0.2) is 21.6 Å². The quantitative estimate of drug-likeness (QED) is 0.517. The fourth-order valence-corrected chi connectivity index (χ4v) is 2.09. The molecule has 0 aliphatic carbocycles. The lowest BCUT2D eigenvalue weighted by atomic mass is 10.3. The van der Waals surface area contributed by atoms with Gasteiger partial charge in [0.2, 0.25) is 0 Å². The maximum absolute atomic E-state index is 5.91. The number of hydrogen-bond donors (Lipinski definition) is 3. The summed E-state index contributed by atoms with van der Waals surface area (Å²) in [4.78, 5) is 8.19. The van der Waals surface area contributed by atoms with Gasteiger partial charge in [-0.15, -0.1) is 0 Å². The molecule has 122 valence electrons. The number of aryl methyl sites for hydroxylation is 1. The van der Waals surface area contributed by atoms with Gasteiger partial charge in [-0.2, -0.15) is 0 Å². The number of nitrogens with two attached hydrogens (primary N) is 3. The van der Waals surface area contributed by atoms with Gasteiger partial charge in [-0.05, 0) is 31.2 Å². The molecule has 0 spiro atoms. The minimum atomic E-state index is 0.231. The van der Waals surface area contributed by atoms with Crippen LogP contribution in [0.5, 0.6) is 5.75 Å². The van der Waals surface area contributed by atoms with Crippen molar-refractivity contribution in [2.24, 2.45) is 11.6 Å². The monoisotopic (exact) mass is 378 g/mol. The van der Waals surface area contributed by atoms with Crippen molar-refractivity contribution in [2.75, 3.05) is 12.3 Å². The Hall–Kier alpha value is -2.32.